The number of fused-ring (bicyclic) bond motifs is 1. The van der Waals surface area contributed by atoms with E-state index in [2.05, 4.69) is 0 Å². The second-order valence-corrected chi connectivity index (χ2v) is 6.18. The number of carbonyl (C=O) groups excluding carboxylic acids is 1. The van der Waals surface area contributed by atoms with Crippen LogP contribution in [0.25, 0.3) is 0 Å². The first-order valence-corrected chi connectivity index (χ1v) is 7.51. The summed E-state index contributed by atoms with van der Waals surface area (Å²) >= 11 is 0. The van der Waals surface area contributed by atoms with E-state index in [1.807, 2.05) is 0 Å². The van der Waals surface area contributed by atoms with Crippen molar-refractivity contribution in [3.8, 4) is 0 Å². The van der Waals surface area contributed by atoms with E-state index >= 15 is 0 Å². The summed E-state index contributed by atoms with van der Waals surface area (Å²) < 4.78 is 17.0. The van der Waals surface area contributed by atoms with E-state index in [0.29, 0.717) is 12.8 Å². The molecule has 3 aliphatic rings. The highest BCUT2D eigenvalue weighted by atomic mass is 16.8. The van der Waals surface area contributed by atoms with Gasteiger partial charge in [-0.15, -0.1) is 0 Å². The highest BCUT2D eigenvalue weighted by Gasteiger charge is 2.60. The van der Waals surface area contributed by atoms with Gasteiger partial charge in [-0.25, -0.2) is 0 Å². The highest BCUT2D eigenvalue weighted by molar-refractivity contribution is 5.66. The minimum atomic E-state index is -1.43. The SMILES string of the molecule is CC(=O)O[C@@H]1[C@@H](O)[C@H](O)[C@@H](O)[C@@H]2OC3(CCCCC3)O[C@H]12. The largest absolute Gasteiger partial charge is 0.457 e. The summed E-state index contributed by atoms with van der Waals surface area (Å²) in [5.41, 5.74) is 0. The van der Waals surface area contributed by atoms with E-state index in [1.165, 1.54) is 6.92 Å². The number of hydrogen-bond acceptors (Lipinski definition) is 7. The van der Waals surface area contributed by atoms with Crippen molar-refractivity contribution < 1.29 is 34.3 Å². The molecule has 1 heterocycles. The topological polar surface area (TPSA) is 105 Å². The molecule has 1 aliphatic heterocycles. The fourth-order valence-electron chi connectivity index (χ4n) is 3.62. The van der Waals surface area contributed by atoms with Gasteiger partial charge in [0.1, 0.15) is 30.5 Å². The number of rotatable bonds is 1. The van der Waals surface area contributed by atoms with E-state index in [1.54, 1.807) is 0 Å². The lowest BCUT2D eigenvalue weighted by molar-refractivity contribution is -0.211. The molecule has 0 aromatic heterocycles. The number of esters is 1. The normalized spacial score (nSPS) is 45.3. The molecule has 0 radical (unpaired) electrons. The summed E-state index contributed by atoms with van der Waals surface area (Å²) in [5.74, 6) is -1.37. The zero-order chi connectivity index (χ0) is 15.2. The number of hydrogen-bond donors (Lipinski definition) is 3. The molecule has 0 unspecified atom stereocenters. The molecule has 0 aromatic carbocycles. The van der Waals surface area contributed by atoms with Crippen LogP contribution in [0.1, 0.15) is 39.0 Å². The third-order valence-electron chi connectivity index (χ3n) is 4.64. The smallest absolute Gasteiger partial charge is 0.303 e. The van der Waals surface area contributed by atoms with Crippen molar-refractivity contribution in [2.45, 2.75) is 81.4 Å². The van der Waals surface area contributed by atoms with Crippen LogP contribution in [-0.2, 0) is 19.0 Å². The quantitative estimate of drug-likeness (QED) is 0.559. The second-order valence-electron chi connectivity index (χ2n) is 6.18. The summed E-state index contributed by atoms with van der Waals surface area (Å²) in [6.45, 7) is 1.23. The molecular formula is C14H22O7. The predicted molar refractivity (Wildman–Crippen MR) is 69.1 cm³/mol. The Morgan fingerprint density at radius 2 is 1.62 bits per heavy atom. The summed E-state index contributed by atoms with van der Waals surface area (Å²) in [6, 6.07) is 0. The fourth-order valence-corrected chi connectivity index (χ4v) is 3.62. The summed E-state index contributed by atoms with van der Waals surface area (Å²) in [4.78, 5) is 11.2. The molecule has 3 N–H and O–H groups in total. The van der Waals surface area contributed by atoms with Crippen molar-refractivity contribution in [1.29, 1.82) is 0 Å². The molecule has 6 atom stereocenters. The third-order valence-corrected chi connectivity index (χ3v) is 4.64. The Morgan fingerprint density at radius 3 is 2.24 bits per heavy atom. The number of ether oxygens (including phenoxy) is 3. The van der Waals surface area contributed by atoms with Crippen molar-refractivity contribution in [2.75, 3.05) is 0 Å². The van der Waals surface area contributed by atoms with E-state index < -0.39 is 48.4 Å². The molecule has 2 aliphatic carbocycles. The summed E-state index contributed by atoms with van der Waals surface area (Å²) in [7, 11) is 0. The van der Waals surface area contributed by atoms with Gasteiger partial charge >= 0.3 is 5.97 Å². The van der Waals surface area contributed by atoms with Gasteiger partial charge in [-0.05, 0) is 12.8 Å². The van der Waals surface area contributed by atoms with Crippen molar-refractivity contribution >= 4 is 5.97 Å². The Labute approximate surface area is 122 Å². The minimum Gasteiger partial charge on any atom is -0.457 e. The van der Waals surface area contributed by atoms with Gasteiger partial charge in [0.25, 0.3) is 0 Å². The van der Waals surface area contributed by atoms with Crippen LogP contribution in [0.3, 0.4) is 0 Å². The molecule has 2 saturated carbocycles. The van der Waals surface area contributed by atoms with E-state index in [-0.39, 0.29) is 0 Å². The zero-order valence-electron chi connectivity index (χ0n) is 12.0. The Morgan fingerprint density at radius 1 is 1.00 bits per heavy atom. The first-order chi connectivity index (χ1) is 9.93. The summed E-state index contributed by atoms with van der Waals surface area (Å²) in [5, 5.41) is 30.1. The van der Waals surface area contributed by atoms with E-state index in [9.17, 15) is 20.1 Å². The third kappa shape index (κ3) is 2.57. The second kappa shape index (κ2) is 5.48. The minimum absolute atomic E-state index is 0.574. The van der Waals surface area contributed by atoms with Gasteiger partial charge < -0.3 is 29.5 Å². The molecule has 21 heavy (non-hydrogen) atoms. The Hall–Kier alpha value is -0.730. The van der Waals surface area contributed by atoms with Crippen LogP contribution >= 0.6 is 0 Å². The van der Waals surface area contributed by atoms with Crippen LogP contribution < -0.4 is 0 Å². The molecule has 0 aromatic rings. The van der Waals surface area contributed by atoms with Crippen LogP contribution in [0.15, 0.2) is 0 Å². The van der Waals surface area contributed by atoms with Gasteiger partial charge in [0.2, 0.25) is 0 Å². The van der Waals surface area contributed by atoms with Gasteiger partial charge in [0.15, 0.2) is 11.9 Å². The van der Waals surface area contributed by atoms with Gasteiger partial charge in [0.05, 0.1) is 0 Å². The van der Waals surface area contributed by atoms with Crippen molar-refractivity contribution in [3.05, 3.63) is 0 Å². The average Bonchev–Trinajstić information content (AvgIpc) is 2.81. The molecule has 3 rings (SSSR count). The van der Waals surface area contributed by atoms with Crippen LogP contribution in [0.2, 0.25) is 0 Å². The molecule has 1 saturated heterocycles. The van der Waals surface area contributed by atoms with Crippen LogP contribution in [0, 0.1) is 0 Å². The summed E-state index contributed by atoms with van der Waals surface area (Å²) in [6.07, 6.45) is -2.28. The molecule has 0 bridgehead atoms. The maximum atomic E-state index is 11.2. The van der Waals surface area contributed by atoms with E-state index in [0.717, 1.165) is 19.3 Å². The van der Waals surface area contributed by atoms with Crippen LogP contribution in [0.5, 0.6) is 0 Å². The van der Waals surface area contributed by atoms with Crippen molar-refractivity contribution in [3.63, 3.8) is 0 Å². The maximum absolute atomic E-state index is 11.2. The van der Waals surface area contributed by atoms with Crippen LogP contribution in [-0.4, -0.2) is 63.7 Å². The number of aliphatic hydroxyl groups is 3. The van der Waals surface area contributed by atoms with Gasteiger partial charge in [-0.2, -0.15) is 0 Å². The first-order valence-electron chi connectivity index (χ1n) is 7.51. The number of carbonyl (C=O) groups is 1. The average molecular weight is 302 g/mol. The molecule has 7 heteroatoms. The standard InChI is InChI=1S/C14H22O7/c1-7(15)19-11-9(17)8(16)10(18)12-13(11)21-14(20-12)5-3-2-4-6-14/h8-13,16-18H,2-6H2,1H3/t8-,9-,10+,11+,12-,13+/m0/s1. The van der Waals surface area contributed by atoms with Crippen molar-refractivity contribution in [1.82, 2.24) is 0 Å². The molecule has 3 fully saturated rings. The first kappa shape index (κ1) is 15.2. The number of aliphatic hydroxyl groups excluding tert-OH is 3. The monoisotopic (exact) mass is 302 g/mol. The van der Waals surface area contributed by atoms with Gasteiger partial charge in [-0.3, -0.25) is 4.79 Å². The van der Waals surface area contributed by atoms with E-state index in [4.69, 9.17) is 14.2 Å². The lowest BCUT2D eigenvalue weighted by Crippen LogP contribution is -2.63. The Balaban J connectivity index is 1.84. The molecule has 0 amide bonds. The van der Waals surface area contributed by atoms with Crippen molar-refractivity contribution in [2.24, 2.45) is 0 Å². The van der Waals surface area contributed by atoms with Crippen LogP contribution in [0.4, 0.5) is 0 Å². The fraction of sp³-hybridized carbons (Fsp3) is 0.929. The Bertz CT molecular complexity index is 406. The lowest BCUT2D eigenvalue weighted by Gasteiger charge is -2.40. The van der Waals surface area contributed by atoms with Gasteiger partial charge in [-0.1, -0.05) is 6.42 Å². The predicted octanol–water partition coefficient (Wildman–Crippen LogP) is -0.541. The maximum Gasteiger partial charge on any atom is 0.303 e. The molecule has 120 valence electrons. The molecule has 1 spiro atoms. The van der Waals surface area contributed by atoms with Gasteiger partial charge in [0, 0.05) is 19.8 Å². The zero-order valence-corrected chi connectivity index (χ0v) is 12.0. The lowest BCUT2D eigenvalue weighted by atomic mass is 9.85. The molecule has 7 nitrogen and oxygen atoms in total. The molecular weight excluding hydrogens is 280 g/mol. The highest BCUT2D eigenvalue weighted by Crippen LogP contribution is 2.45. The Kier molecular flexibility index (Phi) is 3.96.